The first kappa shape index (κ1) is 12.9. The van der Waals surface area contributed by atoms with Crippen LogP contribution in [0.5, 0.6) is 0 Å². The third kappa shape index (κ3) is 2.08. The van der Waals surface area contributed by atoms with Crippen molar-refractivity contribution in [3.05, 3.63) is 29.3 Å². The van der Waals surface area contributed by atoms with Crippen LogP contribution in [0.4, 0.5) is 5.69 Å². The molecule has 0 aromatic heterocycles. The molecule has 0 saturated carbocycles. The molecule has 1 heterocycles. The number of carboxylic acids is 1. The maximum Gasteiger partial charge on any atom is 0.338 e. The number of sulfonamides is 1. The van der Waals surface area contributed by atoms with Crippen molar-refractivity contribution < 1.29 is 18.3 Å². The zero-order chi connectivity index (χ0) is 13.5. The van der Waals surface area contributed by atoms with Crippen molar-refractivity contribution in [2.75, 3.05) is 16.6 Å². The number of benzene rings is 1. The first-order chi connectivity index (χ1) is 8.33. The zero-order valence-electron chi connectivity index (χ0n) is 10.3. The van der Waals surface area contributed by atoms with Gasteiger partial charge in [-0.15, -0.1) is 0 Å². The van der Waals surface area contributed by atoms with Crippen LogP contribution < -0.4 is 4.31 Å². The summed E-state index contributed by atoms with van der Waals surface area (Å²) in [6.45, 7) is 3.85. The van der Waals surface area contributed by atoms with Gasteiger partial charge in [-0.1, -0.05) is 19.1 Å². The predicted octanol–water partition coefficient (Wildman–Crippen LogP) is 1.48. The van der Waals surface area contributed by atoms with Crippen molar-refractivity contribution in [3.63, 3.8) is 0 Å². The third-order valence-electron chi connectivity index (χ3n) is 3.04. The van der Waals surface area contributed by atoms with E-state index in [1.54, 1.807) is 25.1 Å². The van der Waals surface area contributed by atoms with Gasteiger partial charge in [-0.05, 0) is 24.5 Å². The number of carbonyl (C=O) groups is 1. The Bertz CT molecular complexity index is 594. The number of aromatic carboxylic acids is 1. The Morgan fingerprint density at radius 2 is 2.11 bits per heavy atom. The summed E-state index contributed by atoms with van der Waals surface area (Å²) in [4.78, 5) is 11.3. The summed E-state index contributed by atoms with van der Waals surface area (Å²) in [6, 6.07) is 4.89. The van der Waals surface area contributed by atoms with Gasteiger partial charge in [0.05, 0.1) is 17.0 Å². The summed E-state index contributed by atoms with van der Waals surface area (Å²) in [6.07, 6.45) is 0. The lowest BCUT2D eigenvalue weighted by molar-refractivity contribution is 0.0697. The minimum absolute atomic E-state index is 0.0113. The number of hydrogen-bond donors (Lipinski definition) is 1. The number of rotatable bonds is 2. The van der Waals surface area contributed by atoms with E-state index < -0.39 is 16.0 Å². The number of aryl methyl sites for hydroxylation is 1. The minimum atomic E-state index is -3.39. The lowest BCUT2D eigenvalue weighted by Gasteiger charge is -2.20. The van der Waals surface area contributed by atoms with E-state index in [1.807, 2.05) is 6.92 Å². The van der Waals surface area contributed by atoms with Gasteiger partial charge in [0.25, 0.3) is 0 Å². The van der Waals surface area contributed by atoms with E-state index in [1.165, 1.54) is 4.31 Å². The summed E-state index contributed by atoms with van der Waals surface area (Å²) in [5, 5.41) is 9.22. The van der Waals surface area contributed by atoms with Gasteiger partial charge in [0, 0.05) is 6.54 Å². The van der Waals surface area contributed by atoms with Crippen LogP contribution >= 0.6 is 0 Å². The molecule has 1 aliphatic rings. The first-order valence-electron chi connectivity index (χ1n) is 5.66. The molecule has 0 bridgehead atoms. The SMILES string of the molecule is Cc1cccc(N2CC(C)CS2(=O)=O)c1C(=O)O. The van der Waals surface area contributed by atoms with Gasteiger partial charge in [0.2, 0.25) is 10.0 Å². The monoisotopic (exact) mass is 269 g/mol. The van der Waals surface area contributed by atoms with Crippen LogP contribution in [-0.4, -0.2) is 31.8 Å². The van der Waals surface area contributed by atoms with Crippen LogP contribution in [0.15, 0.2) is 18.2 Å². The molecule has 1 fully saturated rings. The second kappa shape index (κ2) is 4.28. The molecule has 1 aromatic rings. The lowest BCUT2D eigenvalue weighted by atomic mass is 10.1. The van der Waals surface area contributed by atoms with Crippen LogP contribution in [0, 0.1) is 12.8 Å². The van der Waals surface area contributed by atoms with Crippen molar-refractivity contribution >= 4 is 21.7 Å². The van der Waals surface area contributed by atoms with E-state index in [4.69, 9.17) is 0 Å². The highest BCUT2D eigenvalue weighted by Gasteiger charge is 2.35. The Hall–Kier alpha value is -1.56. The summed E-state index contributed by atoms with van der Waals surface area (Å²) < 4.78 is 25.2. The summed E-state index contributed by atoms with van der Waals surface area (Å²) in [7, 11) is -3.39. The van der Waals surface area contributed by atoms with E-state index in [2.05, 4.69) is 0 Å². The Balaban J connectivity index is 2.59. The fourth-order valence-electron chi connectivity index (χ4n) is 2.29. The molecule has 1 saturated heterocycles. The van der Waals surface area contributed by atoms with Crippen molar-refractivity contribution in [1.82, 2.24) is 0 Å². The summed E-state index contributed by atoms with van der Waals surface area (Å²) in [5.41, 5.74) is 0.900. The van der Waals surface area contributed by atoms with Gasteiger partial charge < -0.3 is 5.11 Å². The normalized spacial score (nSPS) is 22.1. The molecule has 1 aliphatic heterocycles. The molecule has 1 aromatic carbocycles. The fraction of sp³-hybridized carbons (Fsp3) is 0.417. The molecule has 1 N–H and O–H groups in total. The number of hydrogen-bond acceptors (Lipinski definition) is 3. The average Bonchev–Trinajstić information content (AvgIpc) is 2.50. The van der Waals surface area contributed by atoms with E-state index in [0.29, 0.717) is 12.1 Å². The van der Waals surface area contributed by atoms with Gasteiger partial charge in [0.1, 0.15) is 0 Å². The highest BCUT2D eigenvalue weighted by atomic mass is 32.2. The molecule has 5 nitrogen and oxygen atoms in total. The van der Waals surface area contributed by atoms with Gasteiger partial charge in [-0.25, -0.2) is 13.2 Å². The lowest BCUT2D eigenvalue weighted by Crippen LogP contribution is -2.27. The Morgan fingerprint density at radius 1 is 1.44 bits per heavy atom. The summed E-state index contributed by atoms with van der Waals surface area (Å²) >= 11 is 0. The minimum Gasteiger partial charge on any atom is -0.478 e. The van der Waals surface area contributed by atoms with Gasteiger partial charge in [-0.2, -0.15) is 0 Å². The maximum absolute atomic E-state index is 12.0. The maximum atomic E-state index is 12.0. The fourth-order valence-corrected chi connectivity index (χ4v) is 4.22. The van der Waals surface area contributed by atoms with Crippen LogP contribution in [0.1, 0.15) is 22.8 Å². The first-order valence-corrected chi connectivity index (χ1v) is 7.27. The predicted molar refractivity (Wildman–Crippen MR) is 68.4 cm³/mol. The van der Waals surface area contributed by atoms with Crippen molar-refractivity contribution in [2.24, 2.45) is 5.92 Å². The second-order valence-corrected chi connectivity index (χ2v) is 6.63. The highest BCUT2D eigenvalue weighted by molar-refractivity contribution is 7.93. The van der Waals surface area contributed by atoms with E-state index in [9.17, 15) is 18.3 Å². The quantitative estimate of drug-likeness (QED) is 0.882. The van der Waals surface area contributed by atoms with Gasteiger partial charge in [0.15, 0.2) is 0 Å². The molecular weight excluding hydrogens is 254 g/mol. The molecule has 1 atom stereocenters. The van der Waals surface area contributed by atoms with Crippen molar-refractivity contribution in [2.45, 2.75) is 13.8 Å². The van der Waals surface area contributed by atoms with Crippen LogP contribution in [0.25, 0.3) is 0 Å². The third-order valence-corrected chi connectivity index (χ3v) is 5.05. The van der Waals surface area contributed by atoms with E-state index in [-0.39, 0.29) is 22.9 Å². The molecule has 0 aliphatic carbocycles. The highest BCUT2D eigenvalue weighted by Crippen LogP contribution is 2.31. The molecule has 0 radical (unpaired) electrons. The molecule has 18 heavy (non-hydrogen) atoms. The molecule has 6 heteroatoms. The molecule has 2 rings (SSSR count). The molecule has 0 amide bonds. The summed E-state index contributed by atoms with van der Waals surface area (Å²) in [5.74, 6) is -1.02. The zero-order valence-corrected chi connectivity index (χ0v) is 11.1. The van der Waals surface area contributed by atoms with Crippen molar-refractivity contribution in [3.8, 4) is 0 Å². The largest absolute Gasteiger partial charge is 0.478 e. The van der Waals surface area contributed by atoms with Crippen LogP contribution in [-0.2, 0) is 10.0 Å². The van der Waals surface area contributed by atoms with Gasteiger partial charge >= 0.3 is 5.97 Å². The number of anilines is 1. The average molecular weight is 269 g/mol. The Labute approximate surface area is 106 Å². The number of nitrogens with zero attached hydrogens (tertiary/aromatic N) is 1. The Morgan fingerprint density at radius 3 is 2.61 bits per heavy atom. The molecule has 0 spiro atoms. The second-order valence-electron chi connectivity index (χ2n) is 4.69. The molecular formula is C12H15NO4S. The van der Waals surface area contributed by atoms with E-state index in [0.717, 1.165) is 0 Å². The smallest absolute Gasteiger partial charge is 0.338 e. The van der Waals surface area contributed by atoms with E-state index >= 15 is 0 Å². The topological polar surface area (TPSA) is 74.7 Å². The standard InChI is InChI=1S/C12H15NO4S/c1-8-6-13(18(16,17)7-8)10-5-3-4-9(2)11(10)12(14)15/h3-5,8H,6-7H2,1-2H3,(H,14,15). The van der Waals surface area contributed by atoms with Crippen molar-refractivity contribution in [1.29, 1.82) is 0 Å². The molecule has 98 valence electrons. The van der Waals surface area contributed by atoms with Crippen LogP contribution in [0.2, 0.25) is 0 Å². The van der Waals surface area contributed by atoms with Gasteiger partial charge in [-0.3, -0.25) is 4.31 Å². The molecule has 1 unspecified atom stereocenters. The van der Waals surface area contributed by atoms with Crippen LogP contribution in [0.3, 0.4) is 0 Å². The number of carboxylic acid groups (broad SMARTS) is 1. The Kier molecular flexibility index (Phi) is 3.06.